The Kier molecular flexibility index (Phi) is 5.06. The number of aliphatic carboxylic acids is 1. The number of hydrogen-bond acceptors (Lipinski definition) is 4. The lowest BCUT2D eigenvalue weighted by Gasteiger charge is -2.11. The summed E-state index contributed by atoms with van der Waals surface area (Å²) in [7, 11) is 0. The predicted octanol–water partition coefficient (Wildman–Crippen LogP) is 0.164. The topological polar surface area (TPSA) is 83.8 Å². The van der Waals surface area contributed by atoms with Crippen LogP contribution in [-0.2, 0) is 14.3 Å². The molecule has 2 N–H and O–H groups in total. The Morgan fingerprint density at radius 3 is 2.23 bits per heavy atom. The zero-order valence-corrected chi connectivity index (χ0v) is 7.69. The average molecular weight is 190 g/mol. The fraction of sp³-hybridized carbons (Fsp3) is 0.750. The van der Waals surface area contributed by atoms with Gasteiger partial charge < -0.3 is 14.9 Å². The maximum atomic E-state index is 10.9. The fourth-order valence-corrected chi connectivity index (χ4v) is 0.801. The van der Waals surface area contributed by atoms with Gasteiger partial charge in [-0.2, -0.15) is 0 Å². The molecule has 0 aliphatic carbocycles. The molecule has 1 unspecified atom stereocenters. The highest BCUT2D eigenvalue weighted by Crippen LogP contribution is 2.01. The minimum Gasteiger partial charge on any atom is -0.481 e. The van der Waals surface area contributed by atoms with Crippen LogP contribution in [0, 0.1) is 0 Å². The van der Waals surface area contributed by atoms with Gasteiger partial charge in [0.2, 0.25) is 0 Å². The number of carbonyl (C=O) groups is 2. The standard InChI is InChI=1S/C8H14O5/c1-5(9)3-8(12)13-6(2)4-7(10)11/h5-6,9H,3-4H2,1-2H3,(H,10,11)/t5-,6?/m1/s1. The van der Waals surface area contributed by atoms with Crippen LogP contribution < -0.4 is 0 Å². The van der Waals surface area contributed by atoms with E-state index in [1.54, 1.807) is 0 Å². The maximum Gasteiger partial charge on any atom is 0.308 e. The maximum absolute atomic E-state index is 10.9. The average Bonchev–Trinajstić information content (AvgIpc) is 1.80. The second-order valence-electron chi connectivity index (χ2n) is 2.95. The first-order chi connectivity index (χ1) is 5.91. The SMILES string of the molecule is CC(CC(=O)O)OC(=O)C[C@@H](C)O. The lowest BCUT2D eigenvalue weighted by molar-refractivity contribution is -0.153. The summed E-state index contributed by atoms with van der Waals surface area (Å²) in [5.74, 6) is -1.60. The van der Waals surface area contributed by atoms with Gasteiger partial charge in [0.05, 0.1) is 18.9 Å². The van der Waals surface area contributed by atoms with Crippen molar-refractivity contribution in [1.82, 2.24) is 0 Å². The van der Waals surface area contributed by atoms with Gasteiger partial charge in [0.15, 0.2) is 0 Å². The minimum absolute atomic E-state index is 0.107. The number of rotatable bonds is 5. The molecule has 0 aromatic heterocycles. The van der Waals surface area contributed by atoms with Crippen LogP contribution in [0.2, 0.25) is 0 Å². The number of carbonyl (C=O) groups excluding carboxylic acids is 1. The van der Waals surface area contributed by atoms with Gasteiger partial charge in [-0.1, -0.05) is 0 Å². The van der Waals surface area contributed by atoms with E-state index in [2.05, 4.69) is 0 Å². The lowest BCUT2D eigenvalue weighted by atomic mass is 10.2. The molecule has 0 heterocycles. The van der Waals surface area contributed by atoms with Crippen molar-refractivity contribution >= 4 is 11.9 Å². The Bertz CT molecular complexity index is 187. The van der Waals surface area contributed by atoms with Crippen LogP contribution in [0.25, 0.3) is 0 Å². The number of carboxylic acids is 1. The first-order valence-corrected chi connectivity index (χ1v) is 4.01. The molecule has 5 heteroatoms. The van der Waals surface area contributed by atoms with Crippen LogP contribution in [0.15, 0.2) is 0 Å². The molecule has 0 aliphatic rings. The third kappa shape index (κ3) is 7.27. The number of hydrogen-bond donors (Lipinski definition) is 2. The predicted molar refractivity (Wildman–Crippen MR) is 44.1 cm³/mol. The highest BCUT2D eigenvalue weighted by molar-refractivity contribution is 5.71. The number of esters is 1. The molecular formula is C8H14O5. The highest BCUT2D eigenvalue weighted by atomic mass is 16.5. The first kappa shape index (κ1) is 11.9. The van der Waals surface area contributed by atoms with Gasteiger partial charge in [-0.25, -0.2) is 0 Å². The summed E-state index contributed by atoms with van der Waals surface area (Å²) in [5, 5.41) is 17.1. The van der Waals surface area contributed by atoms with E-state index >= 15 is 0 Å². The molecule has 0 aliphatic heterocycles. The smallest absolute Gasteiger partial charge is 0.308 e. The van der Waals surface area contributed by atoms with Crippen molar-refractivity contribution < 1.29 is 24.5 Å². The van der Waals surface area contributed by atoms with Crippen LogP contribution >= 0.6 is 0 Å². The van der Waals surface area contributed by atoms with E-state index in [0.29, 0.717) is 0 Å². The summed E-state index contributed by atoms with van der Waals surface area (Å²) >= 11 is 0. The Balaban J connectivity index is 3.71. The molecule has 0 fully saturated rings. The Hall–Kier alpha value is -1.10. The summed E-state index contributed by atoms with van der Waals surface area (Å²) in [5.41, 5.74) is 0. The molecule has 76 valence electrons. The van der Waals surface area contributed by atoms with E-state index in [1.807, 2.05) is 0 Å². The third-order valence-electron chi connectivity index (χ3n) is 1.26. The van der Waals surface area contributed by atoms with Crippen molar-refractivity contribution in [2.24, 2.45) is 0 Å². The van der Waals surface area contributed by atoms with Crippen molar-refractivity contribution in [2.45, 2.75) is 38.9 Å². The molecule has 0 saturated heterocycles. The van der Waals surface area contributed by atoms with Gasteiger partial charge in [0.25, 0.3) is 0 Å². The minimum atomic E-state index is -1.02. The van der Waals surface area contributed by atoms with Gasteiger partial charge in [0, 0.05) is 0 Å². The van der Waals surface area contributed by atoms with E-state index in [4.69, 9.17) is 14.9 Å². The number of aliphatic hydroxyl groups is 1. The van der Waals surface area contributed by atoms with Crippen LogP contribution in [0.1, 0.15) is 26.7 Å². The molecule has 2 atom stereocenters. The largest absolute Gasteiger partial charge is 0.481 e. The van der Waals surface area contributed by atoms with Crippen molar-refractivity contribution in [2.75, 3.05) is 0 Å². The molecule has 0 rings (SSSR count). The van der Waals surface area contributed by atoms with Crippen molar-refractivity contribution in [3.63, 3.8) is 0 Å². The normalized spacial score (nSPS) is 14.7. The van der Waals surface area contributed by atoms with Crippen molar-refractivity contribution in [1.29, 1.82) is 0 Å². The first-order valence-electron chi connectivity index (χ1n) is 4.01. The molecule has 5 nitrogen and oxygen atoms in total. The van der Waals surface area contributed by atoms with Crippen LogP contribution in [0.4, 0.5) is 0 Å². The van der Waals surface area contributed by atoms with E-state index in [0.717, 1.165) is 0 Å². The zero-order chi connectivity index (χ0) is 10.4. The van der Waals surface area contributed by atoms with E-state index in [-0.39, 0.29) is 12.8 Å². The highest BCUT2D eigenvalue weighted by Gasteiger charge is 2.14. The fourth-order valence-electron chi connectivity index (χ4n) is 0.801. The third-order valence-corrected chi connectivity index (χ3v) is 1.26. The molecule has 0 spiro atoms. The summed E-state index contributed by atoms with van der Waals surface area (Å²) in [6.45, 7) is 2.96. The second kappa shape index (κ2) is 5.53. The van der Waals surface area contributed by atoms with E-state index < -0.39 is 24.1 Å². The zero-order valence-electron chi connectivity index (χ0n) is 7.69. The Morgan fingerprint density at radius 2 is 1.85 bits per heavy atom. The van der Waals surface area contributed by atoms with Gasteiger partial charge in [-0.15, -0.1) is 0 Å². The lowest BCUT2D eigenvalue weighted by Crippen LogP contribution is -2.20. The molecule has 13 heavy (non-hydrogen) atoms. The Morgan fingerprint density at radius 1 is 1.31 bits per heavy atom. The van der Waals surface area contributed by atoms with Crippen LogP contribution in [0.5, 0.6) is 0 Å². The molecule has 0 aromatic carbocycles. The Labute approximate surface area is 76.3 Å². The summed E-state index contributed by atoms with van der Waals surface area (Å²) in [6.07, 6.45) is -1.73. The molecule has 0 bridgehead atoms. The summed E-state index contributed by atoms with van der Waals surface area (Å²) in [4.78, 5) is 21.0. The summed E-state index contributed by atoms with van der Waals surface area (Å²) < 4.78 is 4.69. The molecule has 0 amide bonds. The number of aliphatic hydroxyl groups excluding tert-OH is 1. The van der Waals surface area contributed by atoms with E-state index in [1.165, 1.54) is 13.8 Å². The second-order valence-corrected chi connectivity index (χ2v) is 2.95. The van der Waals surface area contributed by atoms with Crippen LogP contribution in [-0.4, -0.2) is 34.4 Å². The quantitative estimate of drug-likeness (QED) is 0.603. The monoisotopic (exact) mass is 190 g/mol. The van der Waals surface area contributed by atoms with Crippen LogP contribution in [0.3, 0.4) is 0 Å². The molecule has 0 aromatic rings. The summed E-state index contributed by atoms with van der Waals surface area (Å²) in [6, 6.07) is 0. The number of carboxylic acid groups (broad SMARTS) is 1. The molecule has 0 radical (unpaired) electrons. The van der Waals surface area contributed by atoms with E-state index in [9.17, 15) is 9.59 Å². The van der Waals surface area contributed by atoms with Gasteiger partial charge in [-0.3, -0.25) is 9.59 Å². The van der Waals surface area contributed by atoms with Gasteiger partial charge in [-0.05, 0) is 13.8 Å². The number of ether oxygens (including phenoxy) is 1. The van der Waals surface area contributed by atoms with Crippen molar-refractivity contribution in [3.05, 3.63) is 0 Å². The molecule has 0 saturated carbocycles. The molecular weight excluding hydrogens is 176 g/mol. The van der Waals surface area contributed by atoms with Gasteiger partial charge in [0.1, 0.15) is 6.10 Å². The van der Waals surface area contributed by atoms with Gasteiger partial charge >= 0.3 is 11.9 Å². The van der Waals surface area contributed by atoms with Crippen molar-refractivity contribution in [3.8, 4) is 0 Å².